The molecular formula is C21H25F5O3. The van der Waals surface area contributed by atoms with Gasteiger partial charge in [0.25, 0.3) is 0 Å². The van der Waals surface area contributed by atoms with Crippen LogP contribution in [0.5, 0.6) is 5.75 Å². The molecule has 0 spiro atoms. The van der Waals surface area contributed by atoms with E-state index in [0.29, 0.717) is 24.7 Å². The number of benzene rings is 1. The molecule has 8 heteroatoms. The van der Waals surface area contributed by atoms with Gasteiger partial charge in [-0.2, -0.15) is 22.0 Å². The maximum absolute atomic E-state index is 12.9. The molecule has 1 saturated carbocycles. The van der Waals surface area contributed by atoms with Crippen LogP contribution in [0.4, 0.5) is 22.0 Å². The van der Waals surface area contributed by atoms with Crippen molar-refractivity contribution < 1.29 is 36.6 Å². The number of carboxylic acids is 1. The summed E-state index contributed by atoms with van der Waals surface area (Å²) in [5.74, 6) is -4.43. The zero-order valence-electron chi connectivity index (χ0n) is 15.9. The van der Waals surface area contributed by atoms with Crippen molar-refractivity contribution in [1.82, 2.24) is 0 Å². The maximum atomic E-state index is 12.9. The standard InChI is InChI=1S/C21H25F5O3/c22-20(23,21(24,25)26)13-1-2-15-3-5-17(6-4-15)14-29-18-10-7-16(8-11-18)9-12-19(27)28/h7-12,15,17H,1-6,13-14H2,(H,27,28). The molecule has 1 fully saturated rings. The van der Waals surface area contributed by atoms with Gasteiger partial charge in [-0.05, 0) is 54.9 Å². The Labute approximate surface area is 166 Å². The monoisotopic (exact) mass is 420 g/mol. The van der Waals surface area contributed by atoms with Gasteiger partial charge in [0.15, 0.2) is 0 Å². The fourth-order valence-corrected chi connectivity index (χ4v) is 3.50. The molecule has 0 aliphatic heterocycles. The van der Waals surface area contributed by atoms with E-state index in [1.54, 1.807) is 24.3 Å². The number of aliphatic carboxylic acids is 1. The molecule has 1 aliphatic carbocycles. The molecule has 0 bridgehead atoms. The first-order valence-electron chi connectivity index (χ1n) is 9.65. The predicted octanol–water partition coefficient (Wildman–Crippen LogP) is 6.34. The van der Waals surface area contributed by atoms with Gasteiger partial charge < -0.3 is 9.84 Å². The molecule has 0 aromatic heterocycles. The number of halogens is 5. The Morgan fingerprint density at radius 1 is 1.03 bits per heavy atom. The highest BCUT2D eigenvalue weighted by molar-refractivity contribution is 5.85. The Morgan fingerprint density at radius 2 is 1.62 bits per heavy atom. The van der Waals surface area contributed by atoms with Crippen molar-refractivity contribution in [2.75, 3.05) is 6.61 Å². The van der Waals surface area contributed by atoms with E-state index in [1.165, 1.54) is 6.08 Å². The minimum atomic E-state index is -5.47. The van der Waals surface area contributed by atoms with Gasteiger partial charge in [0.05, 0.1) is 6.61 Å². The van der Waals surface area contributed by atoms with Crippen LogP contribution in [-0.2, 0) is 4.79 Å². The van der Waals surface area contributed by atoms with Crippen LogP contribution in [-0.4, -0.2) is 29.8 Å². The minimum Gasteiger partial charge on any atom is -0.493 e. The summed E-state index contributed by atoms with van der Waals surface area (Å²) >= 11 is 0. The first-order chi connectivity index (χ1) is 13.6. The van der Waals surface area contributed by atoms with E-state index in [9.17, 15) is 26.7 Å². The number of rotatable bonds is 9. The molecule has 2 rings (SSSR count). The average Bonchev–Trinajstić information content (AvgIpc) is 2.65. The van der Waals surface area contributed by atoms with Gasteiger partial charge in [-0.1, -0.05) is 31.4 Å². The minimum absolute atomic E-state index is 0.124. The Kier molecular flexibility index (Phi) is 8.05. The second-order valence-corrected chi connectivity index (χ2v) is 7.53. The third-order valence-electron chi connectivity index (χ3n) is 5.27. The van der Waals surface area contributed by atoms with E-state index in [4.69, 9.17) is 9.84 Å². The molecule has 29 heavy (non-hydrogen) atoms. The van der Waals surface area contributed by atoms with Crippen LogP contribution in [0, 0.1) is 11.8 Å². The van der Waals surface area contributed by atoms with E-state index < -0.39 is 24.5 Å². The maximum Gasteiger partial charge on any atom is 0.453 e. The van der Waals surface area contributed by atoms with E-state index in [-0.39, 0.29) is 12.3 Å². The van der Waals surface area contributed by atoms with Gasteiger partial charge in [-0.15, -0.1) is 0 Å². The smallest absolute Gasteiger partial charge is 0.453 e. The first-order valence-corrected chi connectivity index (χ1v) is 9.65. The van der Waals surface area contributed by atoms with Gasteiger partial charge in [-0.3, -0.25) is 0 Å². The van der Waals surface area contributed by atoms with Crippen molar-refractivity contribution in [2.45, 2.75) is 57.0 Å². The molecule has 0 heterocycles. The lowest BCUT2D eigenvalue weighted by atomic mass is 9.80. The van der Waals surface area contributed by atoms with Gasteiger partial charge in [0.1, 0.15) is 5.75 Å². The van der Waals surface area contributed by atoms with Gasteiger partial charge in [0.2, 0.25) is 0 Å². The number of carboxylic acid groups (broad SMARTS) is 1. The molecule has 1 aromatic carbocycles. The molecule has 162 valence electrons. The first kappa shape index (κ1) is 23.2. The van der Waals surface area contributed by atoms with Crippen LogP contribution >= 0.6 is 0 Å². The largest absolute Gasteiger partial charge is 0.493 e. The van der Waals surface area contributed by atoms with Crippen LogP contribution in [0.3, 0.4) is 0 Å². The fourth-order valence-electron chi connectivity index (χ4n) is 3.50. The van der Waals surface area contributed by atoms with E-state index in [2.05, 4.69) is 0 Å². The average molecular weight is 420 g/mol. The molecule has 0 saturated heterocycles. The number of hydrogen-bond acceptors (Lipinski definition) is 2. The van der Waals surface area contributed by atoms with Crippen molar-refractivity contribution in [2.24, 2.45) is 11.8 Å². The van der Waals surface area contributed by atoms with Gasteiger partial charge in [0, 0.05) is 12.5 Å². The summed E-state index contributed by atoms with van der Waals surface area (Å²) in [6.07, 6.45) is -0.458. The molecule has 3 nitrogen and oxygen atoms in total. The summed E-state index contributed by atoms with van der Waals surface area (Å²) in [5, 5.41) is 8.60. The van der Waals surface area contributed by atoms with Gasteiger partial charge in [-0.25, -0.2) is 4.79 Å². The topological polar surface area (TPSA) is 46.5 Å². The van der Waals surface area contributed by atoms with Crippen molar-refractivity contribution in [1.29, 1.82) is 0 Å². The summed E-state index contributed by atoms with van der Waals surface area (Å²) in [6, 6.07) is 7.02. The number of hydrogen-bond donors (Lipinski definition) is 1. The second kappa shape index (κ2) is 10.1. The zero-order valence-corrected chi connectivity index (χ0v) is 15.9. The number of ether oxygens (including phenoxy) is 1. The molecule has 0 amide bonds. The highest BCUT2D eigenvalue weighted by Gasteiger charge is 2.56. The van der Waals surface area contributed by atoms with Crippen LogP contribution in [0.2, 0.25) is 0 Å². The summed E-state index contributed by atoms with van der Waals surface area (Å²) in [6.45, 7) is 0.517. The zero-order chi connectivity index (χ0) is 21.5. The summed E-state index contributed by atoms with van der Waals surface area (Å²) in [5.41, 5.74) is 0.747. The molecule has 1 aromatic rings. The van der Waals surface area contributed by atoms with E-state index in [1.807, 2.05) is 0 Å². The SMILES string of the molecule is O=C(O)C=Cc1ccc(OCC2CCC(CCCC(F)(F)C(F)(F)F)CC2)cc1. The molecule has 0 atom stereocenters. The lowest BCUT2D eigenvalue weighted by Crippen LogP contribution is -2.36. The van der Waals surface area contributed by atoms with Crippen molar-refractivity contribution in [3.05, 3.63) is 35.9 Å². The lowest BCUT2D eigenvalue weighted by Gasteiger charge is -2.29. The molecule has 1 aliphatic rings. The fraction of sp³-hybridized carbons (Fsp3) is 0.571. The Hall–Kier alpha value is -2.12. The summed E-state index contributed by atoms with van der Waals surface area (Å²) in [4.78, 5) is 10.5. The summed E-state index contributed by atoms with van der Waals surface area (Å²) < 4.78 is 68.2. The summed E-state index contributed by atoms with van der Waals surface area (Å²) in [7, 11) is 0. The lowest BCUT2D eigenvalue weighted by molar-refractivity contribution is -0.284. The molecule has 0 radical (unpaired) electrons. The Morgan fingerprint density at radius 3 is 2.17 bits per heavy atom. The second-order valence-electron chi connectivity index (χ2n) is 7.53. The quantitative estimate of drug-likeness (QED) is 0.375. The van der Waals surface area contributed by atoms with Crippen LogP contribution in [0.25, 0.3) is 6.08 Å². The number of carbonyl (C=O) groups is 1. The predicted molar refractivity (Wildman–Crippen MR) is 98.9 cm³/mol. The third kappa shape index (κ3) is 7.66. The molecule has 0 unspecified atom stereocenters. The van der Waals surface area contributed by atoms with Crippen molar-refractivity contribution in [3.63, 3.8) is 0 Å². The van der Waals surface area contributed by atoms with Crippen LogP contribution < -0.4 is 4.74 Å². The van der Waals surface area contributed by atoms with Gasteiger partial charge >= 0.3 is 18.1 Å². The number of alkyl halides is 5. The Bertz CT molecular complexity index is 675. The van der Waals surface area contributed by atoms with E-state index in [0.717, 1.165) is 37.3 Å². The Balaban J connectivity index is 1.66. The van der Waals surface area contributed by atoms with E-state index >= 15 is 0 Å². The highest BCUT2D eigenvalue weighted by Crippen LogP contribution is 2.40. The van der Waals surface area contributed by atoms with Crippen molar-refractivity contribution in [3.8, 4) is 5.75 Å². The van der Waals surface area contributed by atoms with Crippen LogP contribution in [0.15, 0.2) is 30.3 Å². The normalized spacial score (nSPS) is 20.7. The highest BCUT2D eigenvalue weighted by atomic mass is 19.4. The molecule has 1 N–H and O–H groups in total. The molecular weight excluding hydrogens is 395 g/mol. The van der Waals surface area contributed by atoms with Crippen molar-refractivity contribution >= 4 is 12.0 Å². The third-order valence-corrected chi connectivity index (χ3v) is 5.27. The van der Waals surface area contributed by atoms with Crippen LogP contribution in [0.1, 0.15) is 50.5 Å².